The van der Waals surface area contributed by atoms with E-state index in [2.05, 4.69) is 62.6 Å². The highest BCUT2D eigenvalue weighted by Crippen LogP contribution is 2.26. The average Bonchev–Trinajstić information content (AvgIpc) is 2.90. The SMILES string of the molecule is CCC(C)Nc1cccc(COc2cc(CCC(=O)O)cc(OCc3cccc(NC(C)CC)c3)c2)c1. The molecule has 2 unspecified atom stereocenters. The quantitative estimate of drug-likeness (QED) is 0.202. The Morgan fingerprint density at radius 2 is 1.24 bits per heavy atom. The van der Waals surface area contributed by atoms with Crippen LogP contribution in [0.4, 0.5) is 11.4 Å². The van der Waals surface area contributed by atoms with E-state index >= 15 is 0 Å². The second-order valence-electron chi connectivity index (χ2n) is 9.59. The lowest BCUT2D eigenvalue weighted by atomic mass is 10.1. The first-order chi connectivity index (χ1) is 17.8. The smallest absolute Gasteiger partial charge is 0.303 e. The molecular formula is C31H40N2O4. The predicted molar refractivity (Wildman–Crippen MR) is 151 cm³/mol. The van der Waals surface area contributed by atoms with Gasteiger partial charge in [-0.1, -0.05) is 38.1 Å². The topological polar surface area (TPSA) is 79.8 Å². The number of benzene rings is 3. The van der Waals surface area contributed by atoms with E-state index in [9.17, 15) is 4.79 Å². The van der Waals surface area contributed by atoms with Crippen LogP contribution in [0.15, 0.2) is 66.7 Å². The molecule has 3 N–H and O–H groups in total. The number of rotatable bonds is 15. The molecular weight excluding hydrogens is 464 g/mol. The zero-order valence-corrected chi connectivity index (χ0v) is 22.4. The van der Waals surface area contributed by atoms with Gasteiger partial charge in [-0.15, -0.1) is 0 Å². The van der Waals surface area contributed by atoms with Gasteiger partial charge in [0.2, 0.25) is 0 Å². The van der Waals surface area contributed by atoms with E-state index in [0.717, 1.165) is 40.9 Å². The standard InChI is InChI=1S/C31H40N2O4/c1-5-22(3)32-27-11-7-9-25(15-27)20-36-29-17-24(13-14-31(34)35)18-30(19-29)37-21-26-10-8-12-28(16-26)33-23(4)6-2/h7-12,15-19,22-23,32-33H,5-6,13-14,20-21H2,1-4H3,(H,34,35). The summed E-state index contributed by atoms with van der Waals surface area (Å²) in [6.45, 7) is 9.43. The number of nitrogens with one attached hydrogen (secondary N) is 2. The first-order valence-electron chi connectivity index (χ1n) is 13.2. The monoisotopic (exact) mass is 504 g/mol. The maximum Gasteiger partial charge on any atom is 0.303 e. The van der Waals surface area contributed by atoms with Gasteiger partial charge in [0.1, 0.15) is 24.7 Å². The van der Waals surface area contributed by atoms with Crippen LogP contribution in [0.1, 0.15) is 63.6 Å². The van der Waals surface area contributed by atoms with Gasteiger partial charge in [-0.05, 0) is 86.2 Å². The van der Waals surface area contributed by atoms with Crippen molar-refractivity contribution in [1.82, 2.24) is 0 Å². The summed E-state index contributed by atoms with van der Waals surface area (Å²) in [6.07, 6.45) is 2.55. The highest BCUT2D eigenvalue weighted by Gasteiger charge is 2.08. The van der Waals surface area contributed by atoms with Gasteiger partial charge < -0.3 is 25.2 Å². The molecule has 0 amide bonds. The third-order valence-electron chi connectivity index (χ3n) is 6.28. The van der Waals surface area contributed by atoms with E-state index in [0.29, 0.717) is 43.2 Å². The number of carboxylic acids is 1. The largest absolute Gasteiger partial charge is 0.489 e. The van der Waals surface area contributed by atoms with E-state index in [1.54, 1.807) is 0 Å². The molecule has 0 aliphatic heterocycles. The molecule has 0 bridgehead atoms. The lowest BCUT2D eigenvalue weighted by molar-refractivity contribution is -0.136. The highest BCUT2D eigenvalue weighted by atomic mass is 16.5. The minimum atomic E-state index is -0.829. The van der Waals surface area contributed by atoms with Gasteiger partial charge in [-0.3, -0.25) is 4.79 Å². The van der Waals surface area contributed by atoms with Gasteiger partial charge in [0.15, 0.2) is 0 Å². The third kappa shape index (κ3) is 9.71. The lowest BCUT2D eigenvalue weighted by Gasteiger charge is -2.16. The van der Waals surface area contributed by atoms with Crippen molar-refractivity contribution in [3.8, 4) is 11.5 Å². The van der Waals surface area contributed by atoms with Crippen molar-refractivity contribution in [1.29, 1.82) is 0 Å². The van der Waals surface area contributed by atoms with Crippen LogP contribution >= 0.6 is 0 Å². The molecule has 198 valence electrons. The summed E-state index contributed by atoms with van der Waals surface area (Å²) in [6, 6.07) is 22.9. The molecule has 2 atom stereocenters. The normalized spacial score (nSPS) is 12.4. The van der Waals surface area contributed by atoms with Crippen molar-refractivity contribution < 1.29 is 19.4 Å². The summed E-state index contributed by atoms with van der Waals surface area (Å²) < 4.78 is 12.3. The minimum Gasteiger partial charge on any atom is -0.489 e. The first-order valence-corrected chi connectivity index (χ1v) is 13.2. The molecule has 6 nitrogen and oxygen atoms in total. The van der Waals surface area contributed by atoms with Gasteiger partial charge in [-0.25, -0.2) is 0 Å². The van der Waals surface area contributed by atoms with Crippen LogP contribution in [-0.2, 0) is 24.4 Å². The Balaban J connectivity index is 1.70. The van der Waals surface area contributed by atoms with Crippen LogP contribution in [0, 0.1) is 0 Å². The fraction of sp³-hybridized carbons (Fsp3) is 0.387. The Kier molecular flexibility index (Phi) is 10.7. The van der Waals surface area contributed by atoms with Crippen molar-refractivity contribution in [2.75, 3.05) is 10.6 Å². The molecule has 0 radical (unpaired) electrons. The summed E-state index contributed by atoms with van der Waals surface area (Å²) in [5.41, 5.74) is 5.11. The first kappa shape index (κ1) is 27.9. The maximum absolute atomic E-state index is 11.1. The van der Waals surface area contributed by atoms with E-state index in [-0.39, 0.29) is 6.42 Å². The van der Waals surface area contributed by atoms with Crippen LogP contribution in [0.25, 0.3) is 0 Å². The van der Waals surface area contributed by atoms with E-state index < -0.39 is 5.97 Å². The predicted octanol–water partition coefficient (Wildman–Crippen LogP) is 7.28. The number of aliphatic carboxylic acids is 1. The van der Waals surface area contributed by atoms with Gasteiger partial charge >= 0.3 is 5.97 Å². The van der Waals surface area contributed by atoms with Crippen LogP contribution in [-0.4, -0.2) is 23.2 Å². The van der Waals surface area contributed by atoms with Gasteiger partial charge in [0.25, 0.3) is 0 Å². The summed E-state index contributed by atoms with van der Waals surface area (Å²) in [4.78, 5) is 11.1. The Morgan fingerprint density at radius 1 is 0.757 bits per heavy atom. The molecule has 3 aromatic rings. The molecule has 3 aromatic carbocycles. The Morgan fingerprint density at radius 3 is 1.68 bits per heavy atom. The van der Waals surface area contributed by atoms with Crippen molar-refractivity contribution in [3.05, 3.63) is 83.4 Å². The molecule has 0 aliphatic rings. The Labute approximate surface area is 221 Å². The lowest BCUT2D eigenvalue weighted by Crippen LogP contribution is -2.13. The summed E-state index contributed by atoms with van der Waals surface area (Å²) in [7, 11) is 0. The van der Waals surface area contributed by atoms with Crippen LogP contribution in [0.3, 0.4) is 0 Å². The van der Waals surface area contributed by atoms with E-state index in [4.69, 9.17) is 14.6 Å². The van der Waals surface area contributed by atoms with E-state index in [1.165, 1.54) is 0 Å². The van der Waals surface area contributed by atoms with Crippen molar-refractivity contribution in [3.63, 3.8) is 0 Å². The number of carbonyl (C=O) groups is 1. The van der Waals surface area contributed by atoms with Crippen LogP contribution in [0.2, 0.25) is 0 Å². The molecule has 0 saturated heterocycles. The van der Waals surface area contributed by atoms with Crippen LogP contribution < -0.4 is 20.1 Å². The number of aryl methyl sites for hydroxylation is 1. The number of anilines is 2. The molecule has 37 heavy (non-hydrogen) atoms. The molecule has 0 spiro atoms. The van der Waals surface area contributed by atoms with Crippen molar-refractivity contribution >= 4 is 17.3 Å². The summed E-state index contributed by atoms with van der Waals surface area (Å²) in [5.74, 6) is 0.487. The number of hydrogen-bond donors (Lipinski definition) is 3. The van der Waals surface area contributed by atoms with Gasteiger partial charge in [0, 0.05) is 35.9 Å². The molecule has 0 heterocycles. The molecule has 0 aliphatic carbocycles. The highest BCUT2D eigenvalue weighted by molar-refractivity contribution is 5.67. The van der Waals surface area contributed by atoms with Crippen molar-refractivity contribution in [2.45, 2.75) is 78.7 Å². The van der Waals surface area contributed by atoms with Gasteiger partial charge in [0.05, 0.1) is 0 Å². The summed E-state index contributed by atoms with van der Waals surface area (Å²) >= 11 is 0. The second kappa shape index (κ2) is 14.2. The second-order valence-corrected chi connectivity index (χ2v) is 9.59. The molecule has 3 rings (SSSR count). The number of ether oxygens (including phenoxy) is 2. The van der Waals surface area contributed by atoms with Crippen molar-refractivity contribution in [2.24, 2.45) is 0 Å². The Hall–Kier alpha value is -3.67. The fourth-order valence-corrected chi connectivity index (χ4v) is 3.80. The third-order valence-corrected chi connectivity index (χ3v) is 6.28. The van der Waals surface area contributed by atoms with Crippen LogP contribution in [0.5, 0.6) is 11.5 Å². The maximum atomic E-state index is 11.1. The zero-order valence-electron chi connectivity index (χ0n) is 22.4. The number of carboxylic acid groups (broad SMARTS) is 1. The summed E-state index contributed by atoms with van der Waals surface area (Å²) in [5, 5.41) is 16.1. The average molecular weight is 505 g/mol. The zero-order chi connectivity index (χ0) is 26.6. The Bertz CT molecular complexity index is 1070. The number of hydrogen-bond acceptors (Lipinski definition) is 5. The molecule has 0 aromatic heterocycles. The minimum absolute atomic E-state index is 0.0511. The van der Waals surface area contributed by atoms with Gasteiger partial charge in [-0.2, -0.15) is 0 Å². The molecule has 6 heteroatoms. The molecule has 0 fully saturated rings. The van der Waals surface area contributed by atoms with E-state index in [1.807, 2.05) is 42.5 Å². The molecule has 0 saturated carbocycles. The fourth-order valence-electron chi connectivity index (χ4n) is 3.80.